The van der Waals surface area contributed by atoms with Crippen molar-refractivity contribution >= 4 is 32.4 Å². The number of hydrogen-bond acceptors (Lipinski definition) is 7. The van der Waals surface area contributed by atoms with Crippen LogP contribution in [-0.2, 0) is 20.8 Å². The maximum absolute atomic E-state index is 13.1. The molecule has 0 fully saturated rings. The first kappa shape index (κ1) is 25.1. The highest BCUT2D eigenvalue weighted by Crippen LogP contribution is 2.31. The number of rotatable bonds is 4. The minimum Gasteiger partial charge on any atom is -0.444 e. The molecule has 0 aliphatic carbocycles. The minimum absolute atomic E-state index is 0.0294. The van der Waals surface area contributed by atoms with Crippen LogP contribution in [0.2, 0.25) is 0 Å². The van der Waals surface area contributed by atoms with Gasteiger partial charge in [0, 0.05) is 5.39 Å². The lowest BCUT2D eigenvalue weighted by Gasteiger charge is -2.20. The number of nitrogens with one attached hydrogen (secondary N) is 1. The van der Waals surface area contributed by atoms with Crippen LogP contribution in [0.5, 0.6) is 0 Å². The van der Waals surface area contributed by atoms with E-state index < -0.39 is 49.5 Å². The van der Waals surface area contributed by atoms with Gasteiger partial charge in [-0.05, 0) is 39.0 Å². The molecule has 1 amide bonds. The van der Waals surface area contributed by atoms with Crippen LogP contribution in [0.3, 0.4) is 0 Å². The Morgan fingerprint density at radius 3 is 2.41 bits per heavy atom. The number of fused-ring (bicyclic) bond motifs is 1. The summed E-state index contributed by atoms with van der Waals surface area (Å²) in [6.07, 6.45) is -3.33. The molecule has 3 rings (SSSR count). The fourth-order valence-corrected chi connectivity index (χ4v) is 3.97. The molecule has 0 unspecified atom stereocenters. The first-order valence-corrected chi connectivity index (χ1v) is 11.6. The average Bonchev–Trinajstić information content (AvgIpc) is 2.72. The minimum atomic E-state index is -4.68. The summed E-state index contributed by atoms with van der Waals surface area (Å²) in [7, 11) is -4.01. The smallest absolute Gasteiger partial charge is 0.416 e. The first-order chi connectivity index (χ1) is 15.6. The molecule has 34 heavy (non-hydrogen) atoms. The van der Waals surface area contributed by atoms with E-state index in [0.29, 0.717) is 10.7 Å². The van der Waals surface area contributed by atoms with E-state index in [1.165, 1.54) is 6.92 Å². The molecule has 9 nitrogen and oxygen atoms in total. The fraction of sp³-hybridized carbons (Fsp3) is 0.333. The van der Waals surface area contributed by atoms with Gasteiger partial charge in [0.2, 0.25) is 0 Å². The largest absolute Gasteiger partial charge is 0.444 e. The summed E-state index contributed by atoms with van der Waals surface area (Å²) >= 11 is 0. The van der Waals surface area contributed by atoms with Crippen LogP contribution in [0.25, 0.3) is 16.6 Å². The lowest BCUT2D eigenvalue weighted by Crippen LogP contribution is -2.28. The number of amides is 1. The van der Waals surface area contributed by atoms with E-state index in [2.05, 4.69) is 15.4 Å². The Labute approximate surface area is 192 Å². The van der Waals surface area contributed by atoms with Crippen LogP contribution in [0.1, 0.15) is 33.3 Å². The van der Waals surface area contributed by atoms with Crippen molar-refractivity contribution in [3.63, 3.8) is 0 Å². The summed E-state index contributed by atoms with van der Waals surface area (Å²) in [5, 5.41) is 6.08. The summed E-state index contributed by atoms with van der Waals surface area (Å²) in [5.74, 6) is -0.793. The average molecular weight is 498 g/mol. The summed E-state index contributed by atoms with van der Waals surface area (Å²) in [4.78, 5) is 28.6. The highest BCUT2D eigenvalue weighted by Gasteiger charge is 2.31. The molecular formula is C21H21F3N4O5S. The second kappa shape index (κ2) is 8.70. The van der Waals surface area contributed by atoms with Gasteiger partial charge in [0.05, 0.1) is 34.8 Å². The van der Waals surface area contributed by atoms with Gasteiger partial charge in [-0.1, -0.05) is 13.0 Å². The summed E-state index contributed by atoms with van der Waals surface area (Å²) < 4.78 is 70.6. The molecule has 0 saturated carbocycles. The van der Waals surface area contributed by atoms with Crippen molar-refractivity contribution in [3.8, 4) is 5.82 Å². The Morgan fingerprint density at radius 1 is 1.15 bits per heavy atom. The van der Waals surface area contributed by atoms with Crippen LogP contribution in [0.15, 0.2) is 46.3 Å². The van der Waals surface area contributed by atoms with Crippen LogP contribution < -0.4 is 10.9 Å². The molecule has 0 aliphatic rings. The monoisotopic (exact) mass is 498 g/mol. The van der Waals surface area contributed by atoms with E-state index in [1.54, 1.807) is 20.8 Å². The number of carbonyl (C=O) groups excluding carboxylic acids is 1. The number of aromatic nitrogens is 3. The second-order valence-electron chi connectivity index (χ2n) is 8.24. The lowest BCUT2D eigenvalue weighted by molar-refractivity contribution is -0.137. The molecule has 182 valence electrons. The SMILES string of the molecule is CCS(=O)(=O)c1cc(NC(=O)OC(C)(C)C)cnc1-n1ncc2ccc(C(F)(F)F)cc2c1=O. The molecule has 0 saturated heterocycles. The predicted molar refractivity (Wildman–Crippen MR) is 118 cm³/mol. The molecule has 1 aromatic carbocycles. The molecule has 0 bridgehead atoms. The van der Waals surface area contributed by atoms with Crippen molar-refractivity contribution in [2.45, 2.75) is 44.4 Å². The first-order valence-electron chi connectivity index (χ1n) is 9.95. The van der Waals surface area contributed by atoms with Crippen LogP contribution in [0, 0.1) is 0 Å². The van der Waals surface area contributed by atoms with Crippen molar-refractivity contribution in [1.82, 2.24) is 14.8 Å². The number of pyridine rings is 1. The zero-order chi connectivity index (χ0) is 25.5. The van der Waals surface area contributed by atoms with Gasteiger partial charge in [0.1, 0.15) is 10.5 Å². The molecule has 2 aromatic heterocycles. The number of carbonyl (C=O) groups is 1. The van der Waals surface area contributed by atoms with Crippen molar-refractivity contribution in [2.24, 2.45) is 0 Å². The van der Waals surface area contributed by atoms with Gasteiger partial charge in [-0.2, -0.15) is 23.0 Å². The Morgan fingerprint density at radius 2 is 1.82 bits per heavy atom. The van der Waals surface area contributed by atoms with Crippen LogP contribution in [0.4, 0.5) is 23.7 Å². The zero-order valence-corrected chi connectivity index (χ0v) is 19.4. The van der Waals surface area contributed by atoms with Crippen molar-refractivity contribution in [2.75, 3.05) is 11.1 Å². The molecular weight excluding hydrogens is 477 g/mol. The number of anilines is 1. The maximum atomic E-state index is 13.1. The van der Waals surface area contributed by atoms with Gasteiger partial charge in [0.25, 0.3) is 5.56 Å². The normalized spacial score (nSPS) is 12.6. The number of nitrogens with zero attached hydrogens (tertiary/aromatic N) is 3. The molecule has 0 atom stereocenters. The number of sulfone groups is 1. The van der Waals surface area contributed by atoms with Crippen LogP contribution in [-0.4, -0.2) is 40.6 Å². The van der Waals surface area contributed by atoms with Crippen molar-refractivity contribution in [3.05, 3.63) is 52.6 Å². The van der Waals surface area contributed by atoms with Gasteiger partial charge in [-0.3, -0.25) is 10.1 Å². The van der Waals surface area contributed by atoms with Gasteiger partial charge >= 0.3 is 12.3 Å². The quantitative estimate of drug-likeness (QED) is 0.578. The summed E-state index contributed by atoms with van der Waals surface area (Å²) in [5.41, 5.74) is -2.87. The molecule has 2 heterocycles. The van der Waals surface area contributed by atoms with E-state index in [1.807, 2.05) is 0 Å². The van der Waals surface area contributed by atoms with Gasteiger partial charge < -0.3 is 4.74 Å². The van der Waals surface area contributed by atoms with Gasteiger partial charge in [0.15, 0.2) is 15.7 Å². The Kier molecular flexibility index (Phi) is 6.44. The predicted octanol–water partition coefficient (Wildman–Crippen LogP) is 3.94. The Balaban J connectivity index is 2.18. The Bertz CT molecular complexity index is 1430. The summed E-state index contributed by atoms with van der Waals surface area (Å²) in [6, 6.07) is 3.66. The van der Waals surface area contributed by atoms with E-state index in [9.17, 15) is 31.2 Å². The van der Waals surface area contributed by atoms with Crippen LogP contribution >= 0.6 is 0 Å². The molecule has 0 spiro atoms. The third-order valence-corrected chi connectivity index (χ3v) is 6.24. The molecule has 3 aromatic rings. The van der Waals surface area contributed by atoms with Gasteiger partial charge in [-0.15, -0.1) is 0 Å². The van der Waals surface area contributed by atoms with E-state index >= 15 is 0 Å². The van der Waals surface area contributed by atoms with E-state index in [-0.39, 0.29) is 22.2 Å². The topological polar surface area (TPSA) is 120 Å². The maximum Gasteiger partial charge on any atom is 0.416 e. The third-order valence-electron chi connectivity index (χ3n) is 4.51. The van der Waals surface area contributed by atoms with Gasteiger partial charge in [-0.25, -0.2) is 18.2 Å². The molecule has 0 radical (unpaired) electrons. The fourth-order valence-electron chi connectivity index (χ4n) is 2.94. The second-order valence-corrected chi connectivity index (χ2v) is 10.5. The highest BCUT2D eigenvalue weighted by molar-refractivity contribution is 7.91. The number of ether oxygens (including phenoxy) is 1. The number of halogens is 3. The standard InChI is InChI=1S/C21H21F3N4O5S/c1-5-34(31,32)16-9-14(27-19(30)33-20(2,3)4)11-25-17(16)28-18(29)15-8-13(21(22,23)24)7-6-12(15)10-26-28/h6-11H,5H2,1-4H3,(H,27,30). The number of hydrogen-bond donors (Lipinski definition) is 1. The van der Waals surface area contributed by atoms with Crippen molar-refractivity contribution in [1.29, 1.82) is 0 Å². The highest BCUT2D eigenvalue weighted by atomic mass is 32.2. The Hall–Kier alpha value is -3.48. The summed E-state index contributed by atoms with van der Waals surface area (Å²) in [6.45, 7) is 6.29. The van der Waals surface area contributed by atoms with Crippen molar-refractivity contribution < 1.29 is 31.1 Å². The number of alkyl halides is 3. The third kappa shape index (κ3) is 5.35. The zero-order valence-electron chi connectivity index (χ0n) is 18.6. The molecule has 0 aliphatic heterocycles. The molecule has 13 heteroatoms. The lowest BCUT2D eigenvalue weighted by atomic mass is 10.1. The molecule has 1 N–H and O–H groups in total. The van der Waals surface area contributed by atoms with E-state index in [0.717, 1.165) is 30.6 Å². The van der Waals surface area contributed by atoms with E-state index in [4.69, 9.17) is 4.74 Å². The number of benzene rings is 1.